The SMILES string of the molecule is CCC(C)CC.CCCC(C)CC.CCCCCCC. The van der Waals surface area contributed by atoms with E-state index in [0.29, 0.717) is 0 Å². The number of hydrogen-bond donors (Lipinski definition) is 0. The molecule has 0 saturated carbocycles. The Bertz CT molecular complexity index is 120. The van der Waals surface area contributed by atoms with Crippen molar-refractivity contribution in [3.05, 3.63) is 0 Å². The van der Waals surface area contributed by atoms with Gasteiger partial charge in [-0.3, -0.25) is 0 Å². The molecule has 0 fully saturated rings. The molecule has 0 heteroatoms. The molecule has 126 valence electrons. The predicted octanol–water partition coefficient (Wildman–Crippen LogP) is 8.25. The molecule has 0 aliphatic heterocycles. The molecule has 0 amide bonds. The van der Waals surface area contributed by atoms with Crippen LogP contribution in [0, 0.1) is 11.8 Å². The van der Waals surface area contributed by atoms with Crippen LogP contribution < -0.4 is 0 Å². The quantitative estimate of drug-likeness (QED) is 0.374. The van der Waals surface area contributed by atoms with Crippen LogP contribution in [0.4, 0.5) is 0 Å². The van der Waals surface area contributed by atoms with Crippen molar-refractivity contribution in [2.45, 2.75) is 120 Å². The largest absolute Gasteiger partial charge is 0.0654 e. The molecule has 0 N–H and O–H groups in total. The van der Waals surface area contributed by atoms with Gasteiger partial charge in [-0.2, -0.15) is 0 Å². The fourth-order valence-corrected chi connectivity index (χ4v) is 1.66. The van der Waals surface area contributed by atoms with Crippen LogP contribution in [-0.4, -0.2) is 0 Å². The van der Waals surface area contributed by atoms with Crippen molar-refractivity contribution in [2.75, 3.05) is 0 Å². The Morgan fingerprint density at radius 3 is 1.05 bits per heavy atom. The van der Waals surface area contributed by atoms with E-state index in [1.165, 1.54) is 64.2 Å². The molecule has 0 nitrogen and oxygen atoms in total. The summed E-state index contributed by atoms with van der Waals surface area (Å²) in [6.07, 6.45) is 13.8. The maximum Gasteiger partial charge on any atom is -0.0446 e. The molecular formula is C20H46. The first-order valence-corrected chi connectivity index (χ1v) is 9.53. The van der Waals surface area contributed by atoms with E-state index in [4.69, 9.17) is 0 Å². The van der Waals surface area contributed by atoms with Crippen LogP contribution >= 0.6 is 0 Å². The Balaban J connectivity index is -0.000000218. The average molecular weight is 287 g/mol. The van der Waals surface area contributed by atoms with Crippen LogP contribution in [0.1, 0.15) is 120 Å². The summed E-state index contributed by atoms with van der Waals surface area (Å²) in [5.41, 5.74) is 0. The van der Waals surface area contributed by atoms with Crippen LogP contribution in [0.25, 0.3) is 0 Å². The maximum atomic E-state index is 2.31. The highest BCUT2D eigenvalue weighted by molar-refractivity contribution is 4.45. The van der Waals surface area contributed by atoms with Crippen molar-refractivity contribution in [3.8, 4) is 0 Å². The summed E-state index contributed by atoms with van der Waals surface area (Å²) in [6, 6.07) is 0. The highest BCUT2D eigenvalue weighted by Gasteiger charge is 1.92. The van der Waals surface area contributed by atoms with E-state index in [1.807, 2.05) is 0 Å². The molecule has 0 radical (unpaired) electrons. The number of hydrogen-bond acceptors (Lipinski definition) is 0. The third-order valence-corrected chi connectivity index (χ3v) is 4.08. The zero-order valence-corrected chi connectivity index (χ0v) is 16.2. The molecule has 0 aromatic heterocycles. The molecule has 0 heterocycles. The topological polar surface area (TPSA) is 0 Å². The van der Waals surface area contributed by atoms with Crippen molar-refractivity contribution in [3.63, 3.8) is 0 Å². The fraction of sp³-hybridized carbons (Fsp3) is 1.00. The minimum Gasteiger partial charge on any atom is -0.0654 e. The molecule has 0 saturated heterocycles. The summed E-state index contributed by atoms with van der Waals surface area (Å²) in [7, 11) is 0. The van der Waals surface area contributed by atoms with E-state index in [2.05, 4.69) is 55.4 Å². The Kier molecular flexibility index (Phi) is 30.0. The maximum absolute atomic E-state index is 2.31. The van der Waals surface area contributed by atoms with Gasteiger partial charge in [-0.15, -0.1) is 0 Å². The standard InChI is InChI=1S/2C7H16.C6H14/c1-4-6-7(3)5-2;1-3-5-7-6-4-2;1-4-6(3)5-2/h7H,4-6H2,1-3H3;3-7H2,1-2H3;6H,4-5H2,1-3H3. The van der Waals surface area contributed by atoms with E-state index < -0.39 is 0 Å². The Morgan fingerprint density at radius 1 is 0.500 bits per heavy atom. The van der Waals surface area contributed by atoms with Crippen LogP contribution in [0.2, 0.25) is 0 Å². The summed E-state index contributed by atoms with van der Waals surface area (Å²) in [5.74, 6) is 1.88. The third-order valence-electron chi connectivity index (χ3n) is 4.08. The van der Waals surface area contributed by atoms with Gasteiger partial charge >= 0.3 is 0 Å². The zero-order valence-electron chi connectivity index (χ0n) is 16.2. The normalized spacial score (nSPS) is 11.2. The molecule has 0 aromatic rings. The summed E-state index contributed by atoms with van der Waals surface area (Å²) in [4.78, 5) is 0. The van der Waals surface area contributed by atoms with Crippen molar-refractivity contribution in [1.29, 1.82) is 0 Å². The number of rotatable bonds is 9. The van der Waals surface area contributed by atoms with E-state index in [1.54, 1.807) is 0 Å². The van der Waals surface area contributed by atoms with Gasteiger partial charge in [-0.1, -0.05) is 120 Å². The molecule has 1 atom stereocenters. The summed E-state index contributed by atoms with van der Waals surface area (Å²) in [5, 5.41) is 0. The lowest BCUT2D eigenvalue weighted by molar-refractivity contribution is 0.509. The van der Waals surface area contributed by atoms with Crippen molar-refractivity contribution < 1.29 is 0 Å². The van der Waals surface area contributed by atoms with Gasteiger partial charge in [-0.05, 0) is 11.8 Å². The Labute approximate surface area is 132 Å². The summed E-state index contributed by atoms with van der Waals surface area (Å²) >= 11 is 0. The Morgan fingerprint density at radius 2 is 0.900 bits per heavy atom. The van der Waals surface area contributed by atoms with Gasteiger partial charge in [0.25, 0.3) is 0 Å². The average Bonchev–Trinajstić information content (AvgIpc) is 2.48. The molecule has 0 bridgehead atoms. The first-order chi connectivity index (χ1) is 9.53. The second-order valence-electron chi connectivity index (χ2n) is 6.28. The molecule has 1 unspecified atom stereocenters. The number of unbranched alkanes of at least 4 members (excludes halogenated alkanes) is 4. The highest BCUT2D eigenvalue weighted by atomic mass is 14.0. The second-order valence-corrected chi connectivity index (χ2v) is 6.28. The van der Waals surface area contributed by atoms with Crippen molar-refractivity contribution >= 4 is 0 Å². The molecule has 0 rings (SSSR count). The molecule has 0 aliphatic rings. The minimum absolute atomic E-state index is 0.935. The van der Waals surface area contributed by atoms with Gasteiger partial charge in [0, 0.05) is 0 Å². The predicted molar refractivity (Wildman–Crippen MR) is 98.5 cm³/mol. The smallest absolute Gasteiger partial charge is 0.0446 e. The zero-order chi connectivity index (χ0) is 16.2. The van der Waals surface area contributed by atoms with Crippen LogP contribution in [-0.2, 0) is 0 Å². The summed E-state index contributed by atoms with van der Waals surface area (Å²) in [6.45, 7) is 18.0. The summed E-state index contributed by atoms with van der Waals surface area (Å²) < 4.78 is 0. The van der Waals surface area contributed by atoms with Gasteiger partial charge in [0.15, 0.2) is 0 Å². The first kappa shape index (κ1) is 25.0. The van der Waals surface area contributed by atoms with E-state index >= 15 is 0 Å². The highest BCUT2D eigenvalue weighted by Crippen LogP contribution is 2.07. The van der Waals surface area contributed by atoms with Crippen molar-refractivity contribution in [2.24, 2.45) is 11.8 Å². The second kappa shape index (κ2) is 24.0. The van der Waals surface area contributed by atoms with Crippen LogP contribution in [0.15, 0.2) is 0 Å². The fourth-order valence-electron chi connectivity index (χ4n) is 1.66. The van der Waals surface area contributed by atoms with Gasteiger partial charge < -0.3 is 0 Å². The molecule has 0 spiro atoms. The lowest BCUT2D eigenvalue weighted by Crippen LogP contribution is -1.88. The van der Waals surface area contributed by atoms with Crippen LogP contribution in [0.3, 0.4) is 0 Å². The lowest BCUT2D eigenvalue weighted by atomic mass is 10.0. The van der Waals surface area contributed by atoms with Gasteiger partial charge in [0.2, 0.25) is 0 Å². The van der Waals surface area contributed by atoms with E-state index in [-0.39, 0.29) is 0 Å². The van der Waals surface area contributed by atoms with E-state index in [9.17, 15) is 0 Å². The third kappa shape index (κ3) is 30.8. The molecular weight excluding hydrogens is 240 g/mol. The van der Waals surface area contributed by atoms with Gasteiger partial charge in [0.05, 0.1) is 0 Å². The lowest BCUT2D eigenvalue weighted by Gasteiger charge is -2.02. The minimum atomic E-state index is 0.935. The molecule has 0 aromatic carbocycles. The molecule has 0 aliphatic carbocycles. The Hall–Kier alpha value is 0. The monoisotopic (exact) mass is 286 g/mol. The van der Waals surface area contributed by atoms with Crippen LogP contribution in [0.5, 0.6) is 0 Å². The van der Waals surface area contributed by atoms with Gasteiger partial charge in [0.1, 0.15) is 0 Å². The van der Waals surface area contributed by atoms with Crippen molar-refractivity contribution in [1.82, 2.24) is 0 Å². The van der Waals surface area contributed by atoms with Gasteiger partial charge in [-0.25, -0.2) is 0 Å². The molecule has 20 heavy (non-hydrogen) atoms. The first-order valence-electron chi connectivity index (χ1n) is 9.53. The van der Waals surface area contributed by atoms with E-state index in [0.717, 1.165) is 11.8 Å².